The van der Waals surface area contributed by atoms with E-state index in [-0.39, 0.29) is 11.7 Å². The molecule has 0 unspecified atom stereocenters. The lowest BCUT2D eigenvalue weighted by molar-refractivity contribution is -0.113. The number of rotatable bonds is 7. The van der Waals surface area contributed by atoms with Gasteiger partial charge in [-0.05, 0) is 42.7 Å². The number of aromatic nitrogens is 3. The molecular formula is C21H24N4O2S. The van der Waals surface area contributed by atoms with Crippen molar-refractivity contribution >= 4 is 23.4 Å². The Kier molecular flexibility index (Phi) is 6.36. The van der Waals surface area contributed by atoms with Crippen LogP contribution in [-0.4, -0.2) is 33.5 Å². The zero-order chi connectivity index (χ0) is 20.1. The van der Waals surface area contributed by atoms with Gasteiger partial charge in [-0.25, -0.2) is 0 Å². The molecule has 0 saturated carbocycles. The first-order valence-electron chi connectivity index (χ1n) is 8.98. The molecular weight excluding hydrogens is 372 g/mol. The maximum absolute atomic E-state index is 12.4. The third-order valence-electron chi connectivity index (χ3n) is 4.52. The third-order valence-corrected chi connectivity index (χ3v) is 5.54. The number of hydrogen-bond donors (Lipinski definition) is 1. The number of carbonyl (C=O) groups is 1. The fourth-order valence-corrected chi connectivity index (χ4v) is 3.60. The van der Waals surface area contributed by atoms with Crippen LogP contribution in [0.2, 0.25) is 0 Å². The Morgan fingerprint density at radius 1 is 1.11 bits per heavy atom. The van der Waals surface area contributed by atoms with Gasteiger partial charge in [0.25, 0.3) is 0 Å². The monoisotopic (exact) mass is 396 g/mol. The molecule has 0 aliphatic rings. The highest BCUT2D eigenvalue weighted by Crippen LogP contribution is 2.22. The van der Waals surface area contributed by atoms with E-state index in [0.29, 0.717) is 6.42 Å². The quantitative estimate of drug-likeness (QED) is 0.616. The van der Waals surface area contributed by atoms with Crippen molar-refractivity contribution in [3.05, 3.63) is 65.0 Å². The second kappa shape index (κ2) is 8.93. The first kappa shape index (κ1) is 19.9. The summed E-state index contributed by atoms with van der Waals surface area (Å²) in [6, 6.07) is 13.8. The molecule has 1 heterocycles. The minimum absolute atomic E-state index is 0.0536. The van der Waals surface area contributed by atoms with Crippen LogP contribution in [0.5, 0.6) is 5.75 Å². The lowest BCUT2D eigenvalue weighted by atomic mass is 10.1. The highest BCUT2D eigenvalue weighted by Gasteiger charge is 2.13. The Hall–Kier alpha value is -2.80. The number of ether oxygens (including phenoxy) is 1. The molecule has 0 saturated heterocycles. The molecule has 1 amide bonds. The maximum Gasteiger partial charge on any atom is 0.234 e. The molecule has 28 heavy (non-hydrogen) atoms. The summed E-state index contributed by atoms with van der Waals surface area (Å²) in [6.45, 7) is 3.98. The molecule has 146 valence electrons. The Bertz CT molecular complexity index is 947. The van der Waals surface area contributed by atoms with Crippen LogP contribution >= 0.6 is 11.8 Å². The number of benzene rings is 2. The van der Waals surface area contributed by atoms with Crippen molar-refractivity contribution in [1.29, 1.82) is 0 Å². The van der Waals surface area contributed by atoms with Crippen molar-refractivity contribution in [3.63, 3.8) is 0 Å². The van der Waals surface area contributed by atoms with Crippen LogP contribution in [0.15, 0.2) is 47.6 Å². The molecule has 2 aromatic carbocycles. The average Bonchev–Trinajstić information content (AvgIpc) is 3.03. The van der Waals surface area contributed by atoms with Crippen molar-refractivity contribution in [2.45, 2.75) is 25.4 Å². The van der Waals surface area contributed by atoms with Gasteiger partial charge in [0.15, 0.2) is 5.16 Å². The van der Waals surface area contributed by atoms with Gasteiger partial charge in [-0.1, -0.05) is 42.1 Å². The maximum atomic E-state index is 12.4. The van der Waals surface area contributed by atoms with E-state index in [9.17, 15) is 4.79 Å². The van der Waals surface area contributed by atoms with Crippen LogP contribution in [0.3, 0.4) is 0 Å². The third kappa shape index (κ3) is 4.72. The van der Waals surface area contributed by atoms with Gasteiger partial charge in [0.05, 0.1) is 12.9 Å². The molecule has 0 aliphatic heterocycles. The molecule has 1 aromatic heterocycles. The predicted molar refractivity (Wildman–Crippen MR) is 112 cm³/mol. The molecule has 3 rings (SSSR count). The smallest absolute Gasteiger partial charge is 0.234 e. The van der Waals surface area contributed by atoms with Crippen LogP contribution in [-0.2, 0) is 18.3 Å². The number of carbonyl (C=O) groups excluding carboxylic acids is 1. The van der Waals surface area contributed by atoms with Gasteiger partial charge in [-0.2, -0.15) is 0 Å². The summed E-state index contributed by atoms with van der Waals surface area (Å²) in [5, 5.41) is 12.2. The number of methoxy groups -OCH3 is 1. The van der Waals surface area contributed by atoms with Crippen molar-refractivity contribution in [2.75, 3.05) is 18.2 Å². The number of anilines is 1. The van der Waals surface area contributed by atoms with Gasteiger partial charge in [-0.3, -0.25) is 4.79 Å². The molecule has 0 bridgehead atoms. The summed E-state index contributed by atoms with van der Waals surface area (Å²) in [7, 11) is 3.57. The van der Waals surface area contributed by atoms with Gasteiger partial charge >= 0.3 is 0 Å². The second-order valence-electron chi connectivity index (χ2n) is 6.59. The van der Waals surface area contributed by atoms with Crippen LogP contribution in [0.25, 0.3) is 0 Å². The fourth-order valence-electron chi connectivity index (χ4n) is 2.87. The highest BCUT2D eigenvalue weighted by molar-refractivity contribution is 7.99. The molecule has 0 fully saturated rings. The number of para-hydroxylation sites is 1. The van der Waals surface area contributed by atoms with Gasteiger partial charge in [-0.15, -0.1) is 10.2 Å². The lowest BCUT2D eigenvalue weighted by Gasteiger charge is -2.11. The normalized spacial score (nSPS) is 10.7. The van der Waals surface area contributed by atoms with Gasteiger partial charge in [0.2, 0.25) is 5.91 Å². The lowest BCUT2D eigenvalue weighted by Crippen LogP contribution is -2.16. The van der Waals surface area contributed by atoms with E-state index in [1.807, 2.05) is 67.9 Å². The van der Waals surface area contributed by atoms with Crippen molar-refractivity contribution in [2.24, 2.45) is 7.05 Å². The predicted octanol–water partition coefficient (Wildman–Crippen LogP) is 3.76. The van der Waals surface area contributed by atoms with E-state index in [1.54, 1.807) is 7.11 Å². The number of nitrogens with zero attached hydrogens (tertiary/aromatic N) is 3. The summed E-state index contributed by atoms with van der Waals surface area (Å²) < 4.78 is 7.12. The topological polar surface area (TPSA) is 69.0 Å². The zero-order valence-electron chi connectivity index (χ0n) is 16.5. The number of amides is 1. The standard InChI is InChI=1S/C21H24N4O2S/c1-14-6-5-7-15(2)20(14)22-19(26)13-28-21-24-23-18(25(21)3)12-16-8-10-17(27-4)11-9-16/h5-11H,12-13H2,1-4H3,(H,22,26). The van der Waals surface area contributed by atoms with Crippen LogP contribution in [0.1, 0.15) is 22.5 Å². The van der Waals surface area contributed by atoms with E-state index >= 15 is 0 Å². The van der Waals surface area contributed by atoms with E-state index in [2.05, 4.69) is 15.5 Å². The Morgan fingerprint density at radius 3 is 2.43 bits per heavy atom. The first-order valence-corrected chi connectivity index (χ1v) is 9.96. The summed E-state index contributed by atoms with van der Waals surface area (Å²) in [4.78, 5) is 12.4. The van der Waals surface area contributed by atoms with E-state index in [0.717, 1.165) is 39.1 Å². The SMILES string of the molecule is COc1ccc(Cc2nnc(SCC(=O)Nc3c(C)cccc3C)n2C)cc1. The number of nitrogens with one attached hydrogen (secondary N) is 1. The number of thioether (sulfide) groups is 1. The molecule has 6 nitrogen and oxygen atoms in total. The van der Waals surface area contributed by atoms with Gasteiger partial charge < -0.3 is 14.6 Å². The Labute approximate surface area is 169 Å². The molecule has 3 aromatic rings. The van der Waals surface area contributed by atoms with Gasteiger partial charge in [0.1, 0.15) is 11.6 Å². The minimum Gasteiger partial charge on any atom is -0.497 e. The second-order valence-corrected chi connectivity index (χ2v) is 7.53. The van der Waals surface area contributed by atoms with Crippen LogP contribution in [0, 0.1) is 13.8 Å². The van der Waals surface area contributed by atoms with Crippen molar-refractivity contribution < 1.29 is 9.53 Å². The van der Waals surface area contributed by atoms with Gasteiger partial charge in [0, 0.05) is 19.2 Å². The molecule has 7 heteroatoms. The summed E-state index contributed by atoms with van der Waals surface area (Å²) >= 11 is 1.38. The van der Waals surface area contributed by atoms with Crippen LogP contribution < -0.4 is 10.1 Å². The largest absolute Gasteiger partial charge is 0.497 e. The zero-order valence-corrected chi connectivity index (χ0v) is 17.3. The van der Waals surface area contributed by atoms with E-state index in [4.69, 9.17) is 4.74 Å². The van der Waals surface area contributed by atoms with Crippen LogP contribution in [0.4, 0.5) is 5.69 Å². The van der Waals surface area contributed by atoms with E-state index < -0.39 is 0 Å². The van der Waals surface area contributed by atoms with Crippen molar-refractivity contribution in [1.82, 2.24) is 14.8 Å². The molecule has 1 N–H and O–H groups in total. The average molecular weight is 397 g/mol. The number of hydrogen-bond acceptors (Lipinski definition) is 5. The minimum atomic E-state index is -0.0536. The molecule has 0 spiro atoms. The Balaban J connectivity index is 1.60. The fraction of sp³-hybridized carbons (Fsp3) is 0.286. The summed E-state index contributed by atoms with van der Waals surface area (Å²) in [5.74, 6) is 1.90. The molecule has 0 radical (unpaired) electrons. The highest BCUT2D eigenvalue weighted by atomic mass is 32.2. The first-order chi connectivity index (χ1) is 13.5. The van der Waals surface area contributed by atoms with E-state index in [1.165, 1.54) is 11.8 Å². The molecule has 0 atom stereocenters. The summed E-state index contributed by atoms with van der Waals surface area (Å²) in [6.07, 6.45) is 0.669. The van der Waals surface area contributed by atoms with Crippen molar-refractivity contribution in [3.8, 4) is 5.75 Å². The Morgan fingerprint density at radius 2 is 1.79 bits per heavy atom. The summed E-state index contributed by atoms with van der Waals surface area (Å²) in [5.41, 5.74) is 4.12. The molecule has 0 aliphatic carbocycles. The number of aryl methyl sites for hydroxylation is 2.